The number of carbonyl (C=O) groups is 3. The van der Waals surface area contributed by atoms with E-state index >= 15 is 0 Å². The van der Waals surface area contributed by atoms with E-state index < -0.39 is 36.3 Å². The molecule has 0 aliphatic heterocycles. The number of guanidine groups is 1. The molecule has 34 heavy (non-hydrogen) atoms. The highest BCUT2D eigenvalue weighted by Crippen LogP contribution is 2.12. The third-order valence-electron chi connectivity index (χ3n) is 5.07. The zero-order chi connectivity index (χ0) is 25.1. The van der Waals surface area contributed by atoms with Gasteiger partial charge in [0, 0.05) is 25.8 Å². The smallest absolute Gasteiger partial charge is 0.417 e. The lowest BCUT2D eigenvalue weighted by molar-refractivity contribution is -0.174. The van der Waals surface area contributed by atoms with Crippen molar-refractivity contribution in [1.29, 1.82) is 5.41 Å². The van der Waals surface area contributed by atoms with Gasteiger partial charge in [0.25, 0.3) is 6.29 Å². The van der Waals surface area contributed by atoms with Gasteiger partial charge in [-0.15, -0.1) is 0 Å². The van der Waals surface area contributed by atoms with Crippen molar-refractivity contribution in [3.8, 4) is 0 Å². The summed E-state index contributed by atoms with van der Waals surface area (Å²) in [6.07, 6.45) is -1.42. The summed E-state index contributed by atoms with van der Waals surface area (Å²) in [5.41, 5.74) is 1.76. The summed E-state index contributed by atoms with van der Waals surface area (Å²) in [6, 6.07) is 17.4. The number of carboxylic acids is 1. The maximum absolute atomic E-state index is 12.3. The topological polar surface area (TPSA) is 129 Å². The Hall–Kier alpha value is -3.88. The van der Waals surface area contributed by atoms with Crippen LogP contribution < -0.4 is 5.32 Å². The molecule has 9 heteroatoms. The van der Waals surface area contributed by atoms with Crippen LogP contribution in [-0.4, -0.2) is 53.4 Å². The van der Waals surface area contributed by atoms with Crippen LogP contribution in [0.3, 0.4) is 0 Å². The van der Waals surface area contributed by atoms with E-state index in [9.17, 15) is 19.5 Å². The van der Waals surface area contributed by atoms with Gasteiger partial charge in [-0.2, -0.15) is 0 Å². The number of ether oxygens (including phenoxy) is 2. The first-order valence-electron chi connectivity index (χ1n) is 11.0. The van der Waals surface area contributed by atoms with Crippen LogP contribution in [0.1, 0.15) is 31.4 Å². The van der Waals surface area contributed by atoms with Crippen LogP contribution in [0, 0.1) is 11.3 Å². The Balaban J connectivity index is 1.90. The number of likely N-dealkylation sites (N-methyl/N-ethyl adjacent to an activating group) is 1. The number of hydrogen-bond donors (Lipinski definition) is 3. The van der Waals surface area contributed by atoms with E-state index in [1.54, 1.807) is 38.1 Å². The molecule has 0 spiro atoms. The molecule has 1 amide bonds. The summed E-state index contributed by atoms with van der Waals surface area (Å²) in [4.78, 5) is 37.5. The van der Waals surface area contributed by atoms with Crippen LogP contribution in [0.25, 0.3) is 0 Å². The molecule has 2 aromatic carbocycles. The Morgan fingerprint density at radius 1 is 0.971 bits per heavy atom. The van der Waals surface area contributed by atoms with Crippen molar-refractivity contribution in [3.05, 3.63) is 71.8 Å². The highest BCUT2D eigenvalue weighted by molar-refractivity contribution is 5.94. The molecular formula is C25H31N3O6. The molecule has 2 rings (SSSR count). The fraction of sp³-hybridized carbons (Fsp3) is 0.360. The largest absolute Gasteiger partial charge is 0.480 e. The van der Waals surface area contributed by atoms with Gasteiger partial charge in [0.05, 0.1) is 0 Å². The zero-order valence-corrected chi connectivity index (χ0v) is 19.6. The number of esters is 1. The van der Waals surface area contributed by atoms with Gasteiger partial charge >= 0.3 is 18.0 Å². The van der Waals surface area contributed by atoms with Gasteiger partial charge in [-0.25, -0.2) is 9.59 Å². The van der Waals surface area contributed by atoms with Crippen molar-refractivity contribution >= 4 is 24.0 Å². The minimum atomic E-state index is -1.15. The normalized spacial score (nSPS) is 12.4. The number of benzene rings is 2. The molecule has 0 aliphatic rings. The van der Waals surface area contributed by atoms with Crippen LogP contribution in [-0.2, 0) is 31.9 Å². The molecule has 0 fully saturated rings. The van der Waals surface area contributed by atoms with Gasteiger partial charge in [0.15, 0.2) is 0 Å². The van der Waals surface area contributed by atoms with Gasteiger partial charge in [0.1, 0.15) is 6.04 Å². The van der Waals surface area contributed by atoms with E-state index in [0.29, 0.717) is 6.42 Å². The Labute approximate surface area is 199 Å². The summed E-state index contributed by atoms with van der Waals surface area (Å²) in [5.74, 6) is -2.44. The second-order valence-electron chi connectivity index (χ2n) is 8.12. The van der Waals surface area contributed by atoms with Gasteiger partial charge < -0.3 is 19.5 Å². The number of nitrogens with one attached hydrogen (secondary N) is 2. The number of hydrogen-bond acceptors (Lipinski definition) is 6. The summed E-state index contributed by atoms with van der Waals surface area (Å²) < 4.78 is 10.5. The number of rotatable bonds is 10. The lowest BCUT2D eigenvalue weighted by Crippen LogP contribution is -2.51. The molecule has 9 nitrogen and oxygen atoms in total. The van der Waals surface area contributed by atoms with Crippen molar-refractivity contribution in [3.63, 3.8) is 0 Å². The summed E-state index contributed by atoms with van der Waals surface area (Å²) in [7, 11) is 1.40. The predicted octanol–water partition coefficient (Wildman–Crippen LogP) is 3.43. The van der Waals surface area contributed by atoms with E-state index in [-0.39, 0.29) is 18.8 Å². The number of alkyl carbamates (subject to hydrolysis) is 1. The predicted molar refractivity (Wildman–Crippen MR) is 126 cm³/mol. The molecular weight excluding hydrogens is 438 g/mol. The lowest BCUT2D eigenvalue weighted by Gasteiger charge is -2.27. The van der Waals surface area contributed by atoms with E-state index in [1.165, 1.54) is 7.05 Å². The summed E-state index contributed by atoms with van der Waals surface area (Å²) in [5, 5.41) is 19.9. The molecule has 2 aromatic rings. The number of nitrogens with zero attached hydrogens (tertiary/aromatic N) is 1. The number of carbonyl (C=O) groups excluding carboxylic acids is 2. The zero-order valence-electron chi connectivity index (χ0n) is 19.6. The Kier molecular flexibility index (Phi) is 10.1. The number of carboxylic acid groups (broad SMARTS) is 1. The molecule has 0 radical (unpaired) electrons. The van der Waals surface area contributed by atoms with E-state index in [1.807, 2.05) is 36.4 Å². The molecule has 2 unspecified atom stereocenters. The average Bonchev–Trinajstić information content (AvgIpc) is 2.81. The summed E-state index contributed by atoms with van der Waals surface area (Å²) >= 11 is 0. The van der Waals surface area contributed by atoms with Gasteiger partial charge in [-0.1, -0.05) is 74.5 Å². The van der Waals surface area contributed by atoms with Crippen molar-refractivity contribution in [2.45, 2.75) is 45.4 Å². The molecule has 3 N–H and O–H groups in total. The maximum atomic E-state index is 12.3. The van der Waals surface area contributed by atoms with Crippen molar-refractivity contribution < 1.29 is 29.0 Å². The van der Waals surface area contributed by atoms with E-state index in [2.05, 4.69) is 5.32 Å². The van der Waals surface area contributed by atoms with Crippen molar-refractivity contribution in [2.24, 2.45) is 5.92 Å². The molecule has 182 valence electrons. The van der Waals surface area contributed by atoms with Crippen LogP contribution >= 0.6 is 0 Å². The maximum Gasteiger partial charge on any atom is 0.417 e. The second kappa shape index (κ2) is 13.0. The van der Waals surface area contributed by atoms with E-state index in [4.69, 9.17) is 14.9 Å². The molecule has 0 aliphatic carbocycles. The highest BCUT2D eigenvalue weighted by Gasteiger charge is 2.28. The SMILES string of the molecule is CC(C)C(OC(=O)CCc1ccccc1)OC(=O)NC(=N)N(C)C(Cc1ccccc1)C(=O)O. The van der Waals surface area contributed by atoms with Crippen LogP contribution in [0.5, 0.6) is 0 Å². The van der Waals surface area contributed by atoms with Gasteiger partial charge in [-0.3, -0.25) is 15.5 Å². The van der Waals surface area contributed by atoms with E-state index in [0.717, 1.165) is 16.0 Å². The molecule has 0 heterocycles. The van der Waals surface area contributed by atoms with Crippen LogP contribution in [0.4, 0.5) is 4.79 Å². The number of aryl methyl sites for hydroxylation is 1. The standard InChI is InChI=1S/C25H31N3O6/c1-17(2)23(33-21(29)15-14-18-10-6-4-7-11-18)34-25(32)27-24(26)28(3)20(22(30)31)16-19-12-8-5-9-13-19/h4-13,17,20,23H,14-16H2,1-3H3,(H,30,31)(H2,26,27,32). The molecule has 2 atom stereocenters. The first-order valence-corrected chi connectivity index (χ1v) is 11.0. The fourth-order valence-corrected chi connectivity index (χ4v) is 3.08. The molecule has 0 saturated heterocycles. The molecule has 0 aromatic heterocycles. The first kappa shape index (κ1) is 26.4. The van der Waals surface area contributed by atoms with Crippen LogP contribution in [0.2, 0.25) is 0 Å². The third kappa shape index (κ3) is 8.57. The monoisotopic (exact) mass is 469 g/mol. The minimum Gasteiger partial charge on any atom is -0.480 e. The third-order valence-corrected chi connectivity index (χ3v) is 5.07. The molecule has 0 bridgehead atoms. The molecule has 0 saturated carbocycles. The Bertz CT molecular complexity index is 965. The van der Waals surface area contributed by atoms with Gasteiger partial charge in [-0.05, 0) is 17.5 Å². The van der Waals surface area contributed by atoms with Crippen LogP contribution in [0.15, 0.2) is 60.7 Å². The van der Waals surface area contributed by atoms with Crippen molar-refractivity contribution in [2.75, 3.05) is 7.05 Å². The Morgan fingerprint density at radius 3 is 2.06 bits per heavy atom. The summed E-state index contributed by atoms with van der Waals surface area (Å²) in [6.45, 7) is 3.44. The van der Waals surface area contributed by atoms with Gasteiger partial charge in [0.2, 0.25) is 5.96 Å². The average molecular weight is 470 g/mol. The lowest BCUT2D eigenvalue weighted by atomic mass is 10.1. The number of amides is 1. The fourth-order valence-electron chi connectivity index (χ4n) is 3.08. The highest BCUT2D eigenvalue weighted by atomic mass is 16.7. The minimum absolute atomic E-state index is 0.122. The second-order valence-corrected chi connectivity index (χ2v) is 8.12. The number of aliphatic carboxylic acids is 1. The quantitative estimate of drug-likeness (QED) is 0.210. The first-order chi connectivity index (χ1) is 16.2. The van der Waals surface area contributed by atoms with Crippen molar-refractivity contribution in [1.82, 2.24) is 10.2 Å². The Morgan fingerprint density at radius 2 is 1.53 bits per heavy atom.